The molecule has 0 unspecified atom stereocenters. The zero-order valence-electron chi connectivity index (χ0n) is 5.92. The minimum absolute atomic E-state index is 0.0784. The van der Waals surface area contributed by atoms with E-state index in [0.717, 1.165) is 31.0 Å². The molecule has 1 aromatic rings. The number of aromatic nitrogens is 1. The maximum Gasteiger partial charge on any atom is 0.356 e. The minimum atomic E-state index is 0.0784. The van der Waals surface area contributed by atoms with Crippen LogP contribution in [-0.4, -0.2) is 5.11 Å². The van der Waals surface area contributed by atoms with E-state index in [9.17, 15) is 0 Å². The maximum absolute atomic E-state index is 9.10. The summed E-state index contributed by atoms with van der Waals surface area (Å²) in [5, 5.41) is 9.10. The summed E-state index contributed by atoms with van der Waals surface area (Å²) in [5.41, 5.74) is 0.854. The van der Waals surface area contributed by atoms with Gasteiger partial charge in [0.25, 0.3) is 5.69 Å². The van der Waals surface area contributed by atoms with Crippen LogP contribution in [-0.2, 0) is 13.0 Å². The molecular weight excluding hydrogens is 130 g/mol. The highest BCUT2D eigenvalue weighted by Crippen LogP contribution is 2.19. The van der Waals surface area contributed by atoms with Gasteiger partial charge in [0.15, 0.2) is 6.54 Å². The summed E-state index contributed by atoms with van der Waals surface area (Å²) in [4.78, 5) is 0. The van der Waals surface area contributed by atoms with Gasteiger partial charge in [-0.2, -0.15) is 4.57 Å². The second-order valence-electron chi connectivity index (χ2n) is 2.64. The molecule has 0 aromatic carbocycles. The second-order valence-corrected chi connectivity index (χ2v) is 2.64. The Kier molecular flexibility index (Phi) is 1.01. The van der Waals surface area contributed by atoms with Crippen LogP contribution in [0.15, 0.2) is 4.42 Å². The van der Waals surface area contributed by atoms with Gasteiger partial charge in [-0.3, -0.25) is 0 Å². The number of aryl methyl sites for hydroxylation is 1. The first kappa shape index (κ1) is 5.77. The maximum atomic E-state index is 9.10. The smallest absolute Gasteiger partial charge is 0.356 e. The first-order valence-corrected chi connectivity index (χ1v) is 3.50. The van der Waals surface area contributed by atoms with E-state index >= 15 is 0 Å². The highest BCUT2D eigenvalue weighted by atomic mass is 16.5. The fourth-order valence-corrected chi connectivity index (χ4v) is 1.41. The van der Waals surface area contributed by atoms with Gasteiger partial charge in [-0.1, -0.05) is 0 Å². The molecule has 1 N–H and O–H groups in total. The monoisotopic (exact) mass is 140 g/mol. The molecule has 0 spiro atoms. The number of fused-ring (bicyclic) bond motifs is 1. The van der Waals surface area contributed by atoms with Gasteiger partial charge in [0.05, 0.1) is 6.42 Å². The number of hydrogen-bond acceptors (Lipinski definition) is 2. The van der Waals surface area contributed by atoms with Crippen LogP contribution < -0.4 is 4.57 Å². The Morgan fingerprint density at radius 3 is 3.10 bits per heavy atom. The molecule has 0 amide bonds. The molecule has 3 nitrogen and oxygen atoms in total. The molecule has 0 aliphatic carbocycles. The van der Waals surface area contributed by atoms with E-state index in [1.165, 1.54) is 0 Å². The molecule has 54 valence electrons. The van der Waals surface area contributed by atoms with Gasteiger partial charge in [0, 0.05) is 13.3 Å². The summed E-state index contributed by atoms with van der Waals surface area (Å²) in [7, 11) is 0. The lowest BCUT2D eigenvalue weighted by Gasteiger charge is -1.81. The van der Waals surface area contributed by atoms with Crippen LogP contribution in [0.4, 0.5) is 0 Å². The lowest BCUT2D eigenvalue weighted by molar-refractivity contribution is -0.699. The van der Waals surface area contributed by atoms with E-state index in [1.807, 2.05) is 11.5 Å². The normalized spacial score (nSPS) is 15.7. The van der Waals surface area contributed by atoms with Crippen molar-refractivity contribution < 1.29 is 14.1 Å². The van der Waals surface area contributed by atoms with E-state index < -0.39 is 0 Å². The predicted molar refractivity (Wildman–Crippen MR) is 33.6 cm³/mol. The topological polar surface area (TPSA) is 37.3 Å². The van der Waals surface area contributed by atoms with Crippen molar-refractivity contribution in [3.05, 3.63) is 11.6 Å². The third kappa shape index (κ3) is 0.574. The quantitative estimate of drug-likeness (QED) is 0.533. The van der Waals surface area contributed by atoms with Gasteiger partial charge in [-0.15, -0.1) is 0 Å². The van der Waals surface area contributed by atoms with E-state index in [1.54, 1.807) is 0 Å². The molecule has 2 heterocycles. The number of aromatic hydroxyl groups is 1. The summed E-state index contributed by atoms with van der Waals surface area (Å²) in [6, 6.07) is 0. The van der Waals surface area contributed by atoms with Crippen LogP contribution in [0, 0.1) is 6.92 Å². The molecule has 0 bridgehead atoms. The average Bonchev–Trinajstić information content (AvgIpc) is 2.41. The summed E-state index contributed by atoms with van der Waals surface area (Å²) in [6.45, 7) is 2.86. The van der Waals surface area contributed by atoms with E-state index in [2.05, 4.69) is 0 Å². The first-order valence-electron chi connectivity index (χ1n) is 3.50. The number of hydrogen-bond donors (Lipinski definition) is 1. The van der Waals surface area contributed by atoms with Crippen LogP contribution >= 0.6 is 0 Å². The van der Waals surface area contributed by atoms with Crippen molar-refractivity contribution in [3.63, 3.8) is 0 Å². The fourth-order valence-electron chi connectivity index (χ4n) is 1.41. The lowest BCUT2D eigenvalue weighted by Crippen LogP contribution is -2.33. The summed E-state index contributed by atoms with van der Waals surface area (Å²) in [6.07, 6.45) is 2.10. The molecule has 10 heavy (non-hydrogen) atoms. The highest BCUT2D eigenvalue weighted by Gasteiger charge is 2.29. The van der Waals surface area contributed by atoms with Crippen molar-refractivity contribution in [1.29, 1.82) is 0 Å². The van der Waals surface area contributed by atoms with Crippen LogP contribution in [0.1, 0.15) is 18.0 Å². The molecule has 1 aliphatic heterocycles. The molecular formula is C7H10NO2+. The lowest BCUT2D eigenvalue weighted by atomic mass is 10.4. The molecule has 3 heteroatoms. The van der Waals surface area contributed by atoms with Gasteiger partial charge < -0.3 is 9.52 Å². The molecule has 0 radical (unpaired) electrons. The minimum Gasteiger partial charge on any atom is -0.476 e. The third-order valence-electron chi connectivity index (χ3n) is 2.00. The van der Waals surface area contributed by atoms with Crippen molar-refractivity contribution in [3.8, 4) is 5.95 Å². The molecule has 0 fully saturated rings. The molecule has 0 atom stereocenters. The largest absolute Gasteiger partial charge is 0.476 e. The predicted octanol–water partition coefficient (Wildman–Crippen LogP) is 0.527. The second kappa shape index (κ2) is 1.75. The highest BCUT2D eigenvalue weighted by molar-refractivity contribution is 5.05. The average molecular weight is 140 g/mol. The Morgan fingerprint density at radius 2 is 2.40 bits per heavy atom. The Bertz CT molecular complexity index is 265. The van der Waals surface area contributed by atoms with Crippen molar-refractivity contribution in [2.24, 2.45) is 0 Å². The van der Waals surface area contributed by atoms with Gasteiger partial charge in [0.1, 0.15) is 0 Å². The van der Waals surface area contributed by atoms with Crippen molar-refractivity contribution in [2.75, 3.05) is 0 Å². The fraction of sp³-hybridized carbons (Fsp3) is 0.571. The van der Waals surface area contributed by atoms with Crippen LogP contribution in [0.2, 0.25) is 0 Å². The molecule has 2 rings (SSSR count). The standard InChI is InChI=1S/C7H9NO2/c1-5-7(9)10-6-3-2-4-8(5)6/h2-4H2,1H3/p+1. The van der Waals surface area contributed by atoms with Gasteiger partial charge in [-0.05, 0) is 0 Å². The summed E-state index contributed by atoms with van der Waals surface area (Å²) >= 11 is 0. The van der Waals surface area contributed by atoms with E-state index in [4.69, 9.17) is 9.52 Å². The number of nitrogens with zero attached hydrogens (tertiary/aromatic N) is 1. The molecule has 1 aliphatic rings. The Balaban J connectivity index is 2.59. The zero-order valence-corrected chi connectivity index (χ0v) is 5.92. The Morgan fingerprint density at radius 1 is 1.60 bits per heavy atom. The first-order chi connectivity index (χ1) is 4.79. The van der Waals surface area contributed by atoms with Crippen molar-refractivity contribution in [1.82, 2.24) is 0 Å². The van der Waals surface area contributed by atoms with E-state index in [-0.39, 0.29) is 5.95 Å². The van der Waals surface area contributed by atoms with Crippen molar-refractivity contribution in [2.45, 2.75) is 26.3 Å². The Labute approximate surface area is 58.9 Å². The summed E-state index contributed by atoms with van der Waals surface area (Å²) in [5.74, 6) is 0.990. The molecule has 0 saturated heterocycles. The Hall–Kier alpha value is -0.990. The SMILES string of the molecule is Cc1c(O)oc2[n+]1CCC2. The number of oxazole rings is 1. The van der Waals surface area contributed by atoms with Gasteiger partial charge in [-0.25, -0.2) is 0 Å². The number of rotatable bonds is 0. The van der Waals surface area contributed by atoms with Crippen molar-refractivity contribution >= 4 is 0 Å². The van der Waals surface area contributed by atoms with E-state index in [0.29, 0.717) is 0 Å². The third-order valence-corrected chi connectivity index (χ3v) is 2.00. The zero-order chi connectivity index (χ0) is 7.14. The molecule has 1 aromatic heterocycles. The van der Waals surface area contributed by atoms with Crippen LogP contribution in [0.25, 0.3) is 0 Å². The van der Waals surface area contributed by atoms with Gasteiger partial charge in [0.2, 0.25) is 0 Å². The molecule has 0 saturated carbocycles. The van der Waals surface area contributed by atoms with Crippen LogP contribution in [0.5, 0.6) is 5.95 Å². The van der Waals surface area contributed by atoms with Gasteiger partial charge >= 0.3 is 11.8 Å². The van der Waals surface area contributed by atoms with Crippen LogP contribution in [0.3, 0.4) is 0 Å². The summed E-state index contributed by atoms with van der Waals surface area (Å²) < 4.78 is 7.10.